The standard InChI is InChI=1S/C16H15NO4S/c1-10(18)11(2)21-16(20)12-5-3-6-13(9-12)17-15(19)14-7-4-8-22-14/h3-9,11H,1-2H3,(H,17,19). The van der Waals surface area contributed by atoms with E-state index in [4.69, 9.17) is 4.74 Å². The first kappa shape index (κ1) is 15.9. The molecule has 0 aliphatic rings. The highest BCUT2D eigenvalue weighted by Crippen LogP contribution is 2.16. The summed E-state index contributed by atoms with van der Waals surface area (Å²) in [4.78, 5) is 35.6. The third-order valence-corrected chi connectivity index (χ3v) is 3.83. The highest BCUT2D eigenvalue weighted by atomic mass is 32.1. The number of ketones is 1. The van der Waals surface area contributed by atoms with Crippen molar-refractivity contribution in [1.29, 1.82) is 0 Å². The van der Waals surface area contributed by atoms with Gasteiger partial charge in [-0.3, -0.25) is 9.59 Å². The van der Waals surface area contributed by atoms with Crippen molar-refractivity contribution in [1.82, 2.24) is 0 Å². The number of hydrogen-bond acceptors (Lipinski definition) is 5. The molecule has 22 heavy (non-hydrogen) atoms. The fraction of sp³-hybridized carbons (Fsp3) is 0.188. The summed E-state index contributed by atoms with van der Waals surface area (Å²) < 4.78 is 5.03. The normalized spacial score (nSPS) is 11.5. The van der Waals surface area contributed by atoms with E-state index in [1.165, 1.54) is 31.3 Å². The number of benzene rings is 1. The van der Waals surface area contributed by atoms with Gasteiger partial charge >= 0.3 is 5.97 Å². The number of carbonyl (C=O) groups is 3. The Hall–Kier alpha value is -2.47. The van der Waals surface area contributed by atoms with Gasteiger partial charge in [0.25, 0.3) is 5.91 Å². The van der Waals surface area contributed by atoms with Crippen molar-refractivity contribution in [3.63, 3.8) is 0 Å². The summed E-state index contributed by atoms with van der Waals surface area (Å²) >= 11 is 1.33. The van der Waals surface area contributed by atoms with Gasteiger partial charge in [0.1, 0.15) is 0 Å². The van der Waals surface area contributed by atoms with Gasteiger partial charge in [-0.15, -0.1) is 11.3 Å². The zero-order valence-electron chi connectivity index (χ0n) is 12.2. The van der Waals surface area contributed by atoms with Gasteiger partial charge < -0.3 is 10.1 Å². The van der Waals surface area contributed by atoms with Crippen LogP contribution in [0.4, 0.5) is 5.69 Å². The highest BCUT2D eigenvalue weighted by Gasteiger charge is 2.16. The Balaban J connectivity index is 2.08. The lowest BCUT2D eigenvalue weighted by molar-refractivity contribution is -0.124. The second-order valence-electron chi connectivity index (χ2n) is 4.67. The van der Waals surface area contributed by atoms with Crippen LogP contribution in [0.5, 0.6) is 0 Å². The lowest BCUT2D eigenvalue weighted by atomic mass is 10.2. The van der Waals surface area contributed by atoms with Gasteiger partial charge in [-0.1, -0.05) is 12.1 Å². The fourth-order valence-electron chi connectivity index (χ4n) is 1.64. The second kappa shape index (κ2) is 7.00. The Morgan fingerprint density at radius 2 is 1.95 bits per heavy atom. The molecule has 1 atom stereocenters. The zero-order valence-corrected chi connectivity index (χ0v) is 13.0. The van der Waals surface area contributed by atoms with Crippen molar-refractivity contribution in [2.24, 2.45) is 0 Å². The number of thiophene rings is 1. The predicted molar refractivity (Wildman–Crippen MR) is 84.3 cm³/mol. The summed E-state index contributed by atoms with van der Waals surface area (Å²) in [7, 11) is 0. The molecular weight excluding hydrogens is 302 g/mol. The summed E-state index contributed by atoms with van der Waals surface area (Å²) in [6.07, 6.45) is -0.795. The van der Waals surface area contributed by atoms with Crippen LogP contribution in [0, 0.1) is 0 Å². The van der Waals surface area contributed by atoms with Crippen LogP contribution in [-0.4, -0.2) is 23.8 Å². The minimum Gasteiger partial charge on any atom is -0.451 e. The maximum absolute atomic E-state index is 12.0. The van der Waals surface area contributed by atoms with E-state index in [9.17, 15) is 14.4 Å². The van der Waals surface area contributed by atoms with E-state index in [1.807, 2.05) is 5.38 Å². The Bertz CT molecular complexity index is 694. The molecule has 5 nitrogen and oxygen atoms in total. The molecule has 0 radical (unpaired) electrons. The first-order valence-electron chi connectivity index (χ1n) is 6.63. The van der Waals surface area contributed by atoms with E-state index < -0.39 is 12.1 Å². The topological polar surface area (TPSA) is 72.5 Å². The van der Waals surface area contributed by atoms with Gasteiger partial charge in [0.15, 0.2) is 11.9 Å². The number of nitrogens with one attached hydrogen (secondary N) is 1. The Kier molecular flexibility index (Phi) is 5.06. The van der Waals surface area contributed by atoms with E-state index in [2.05, 4.69) is 5.32 Å². The van der Waals surface area contributed by atoms with Gasteiger partial charge in [-0.25, -0.2) is 4.79 Å². The molecule has 1 amide bonds. The van der Waals surface area contributed by atoms with Crippen molar-refractivity contribution in [3.05, 3.63) is 52.2 Å². The van der Waals surface area contributed by atoms with Crippen LogP contribution < -0.4 is 5.32 Å². The molecule has 0 spiro atoms. The highest BCUT2D eigenvalue weighted by molar-refractivity contribution is 7.12. The smallest absolute Gasteiger partial charge is 0.338 e. The van der Waals surface area contributed by atoms with Crippen LogP contribution in [-0.2, 0) is 9.53 Å². The largest absolute Gasteiger partial charge is 0.451 e. The van der Waals surface area contributed by atoms with Crippen LogP contribution in [0.15, 0.2) is 41.8 Å². The molecule has 1 aromatic carbocycles. The van der Waals surface area contributed by atoms with Crippen LogP contribution >= 0.6 is 11.3 Å². The minimum atomic E-state index is -0.795. The molecule has 1 aromatic heterocycles. The van der Waals surface area contributed by atoms with E-state index in [0.717, 1.165) is 0 Å². The third kappa shape index (κ3) is 4.02. The Labute approximate surface area is 131 Å². The third-order valence-electron chi connectivity index (χ3n) is 2.96. The van der Waals surface area contributed by atoms with Crippen molar-refractivity contribution in [2.75, 3.05) is 5.32 Å². The number of esters is 1. The van der Waals surface area contributed by atoms with Crippen molar-refractivity contribution < 1.29 is 19.1 Å². The molecule has 0 fully saturated rings. The van der Waals surface area contributed by atoms with Crippen molar-refractivity contribution in [3.8, 4) is 0 Å². The number of Topliss-reactive ketones (excluding diaryl/α,β-unsaturated/α-hetero) is 1. The molecule has 0 aliphatic carbocycles. The summed E-state index contributed by atoms with van der Waals surface area (Å²) in [5.74, 6) is -1.07. The summed E-state index contributed by atoms with van der Waals surface area (Å²) in [6.45, 7) is 2.87. The number of hydrogen-bond donors (Lipinski definition) is 1. The predicted octanol–water partition coefficient (Wildman–Crippen LogP) is 3.13. The van der Waals surface area contributed by atoms with Gasteiger partial charge in [0.2, 0.25) is 0 Å². The SMILES string of the molecule is CC(=O)C(C)OC(=O)c1cccc(NC(=O)c2cccs2)c1. The number of anilines is 1. The van der Waals surface area contributed by atoms with Crippen LogP contribution in [0.2, 0.25) is 0 Å². The first-order chi connectivity index (χ1) is 10.5. The van der Waals surface area contributed by atoms with E-state index in [-0.39, 0.29) is 17.3 Å². The van der Waals surface area contributed by atoms with Gasteiger partial charge in [-0.2, -0.15) is 0 Å². The molecule has 0 bridgehead atoms. The average molecular weight is 317 g/mol. The molecule has 1 N–H and O–H groups in total. The molecule has 0 saturated heterocycles. The molecule has 2 rings (SSSR count). The maximum Gasteiger partial charge on any atom is 0.338 e. The second-order valence-corrected chi connectivity index (χ2v) is 5.62. The number of ether oxygens (including phenoxy) is 1. The molecule has 1 unspecified atom stereocenters. The molecule has 0 aliphatic heterocycles. The summed E-state index contributed by atoms with van der Waals surface area (Å²) in [5.41, 5.74) is 0.764. The Morgan fingerprint density at radius 3 is 2.59 bits per heavy atom. The van der Waals surface area contributed by atoms with Crippen LogP contribution in [0.25, 0.3) is 0 Å². The summed E-state index contributed by atoms with van der Waals surface area (Å²) in [6, 6.07) is 9.90. The maximum atomic E-state index is 12.0. The number of carbonyl (C=O) groups excluding carboxylic acids is 3. The van der Waals surface area contributed by atoms with E-state index in [1.54, 1.807) is 30.3 Å². The van der Waals surface area contributed by atoms with Crippen LogP contribution in [0.1, 0.15) is 33.9 Å². The Morgan fingerprint density at radius 1 is 1.18 bits per heavy atom. The van der Waals surface area contributed by atoms with E-state index in [0.29, 0.717) is 10.6 Å². The zero-order chi connectivity index (χ0) is 16.1. The van der Waals surface area contributed by atoms with Gasteiger partial charge in [0, 0.05) is 5.69 Å². The van der Waals surface area contributed by atoms with Crippen LogP contribution in [0.3, 0.4) is 0 Å². The van der Waals surface area contributed by atoms with Crippen molar-refractivity contribution >= 4 is 34.7 Å². The number of amides is 1. The molecule has 2 aromatic rings. The first-order valence-corrected chi connectivity index (χ1v) is 7.51. The van der Waals surface area contributed by atoms with Crippen molar-refractivity contribution in [2.45, 2.75) is 20.0 Å². The monoisotopic (exact) mass is 317 g/mol. The lowest BCUT2D eigenvalue weighted by Gasteiger charge is -2.11. The van der Waals surface area contributed by atoms with Gasteiger partial charge in [0.05, 0.1) is 10.4 Å². The quantitative estimate of drug-likeness (QED) is 0.860. The van der Waals surface area contributed by atoms with E-state index >= 15 is 0 Å². The fourth-order valence-corrected chi connectivity index (χ4v) is 2.25. The minimum absolute atomic E-state index is 0.226. The summed E-state index contributed by atoms with van der Waals surface area (Å²) in [5, 5.41) is 4.52. The number of rotatable bonds is 5. The molecule has 0 saturated carbocycles. The molecule has 6 heteroatoms. The molecular formula is C16H15NO4S. The average Bonchev–Trinajstić information content (AvgIpc) is 3.01. The molecule has 1 heterocycles. The van der Waals surface area contributed by atoms with Gasteiger partial charge in [-0.05, 0) is 43.5 Å². The molecule has 114 valence electrons. The lowest BCUT2D eigenvalue weighted by Crippen LogP contribution is -2.22.